The van der Waals surface area contributed by atoms with Crippen LogP contribution in [0.4, 0.5) is 0 Å². The maximum atomic E-state index is 13.0. The zero-order chi connectivity index (χ0) is 21.1. The molecule has 2 heterocycles. The third-order valence-corrected chi connectivity index (χ3v) is 5.81. The molecule has 152 valence electrons. The molecule has 4 aromatic rings. The fourth-order valence-corrected chi connectivity index (χ4v) is 4.09. The lowest BCUT2D eigenvalue weighted by Crippen LogP contribution is -2.35. The van der Waals surface area contributed by atoms with E-state index in [1.165, 1.54) is 4.68 Å². The van der Waals surface area contributed by atoms with E-state index in [0.717, 1.165) is 21.6 Å². The molecule has 0 saturated heterocycles. The number of methoxy groups -OCH3 is 1. The van der Waals surface area contributed by atoms with Crippen LogP contribution in [0.15, 0.2) is 70.8 Å². The molecule has 2 aromatic heterocycles. The predicted molar refractivity (Wildman–Crippen MR) is 119 cm³/mol. The Kier molecular flexibility index (Phi) is 5.63. The highest BCUT2D eigenvalue weighted by molar-refractivity contribution is 7.13. The van der Waals surface area contributed by atoms with E-state index >= 15 is 0 Å². The molecule has 2 aromatic carbocycles. The minimum absolute atomic E-state index is 0.131. The van der Waals surface area contributed by atoms with E-state index in [9.17, 15) is 9.59 Å². The minimum atomic E-state index is -0.273. The average Bonchev–Trinajstić information content (AvgIpc) is 3.30. The van der Waals surface area contributed by atoms with Crippen LogP contribution in [-0.4, -0.2) is 34.7 Å². The maximum absolute atomic E-state index is 13.0. The van der Waals surface area contributed by atoms with Crippen molar-refractivity contribution in [2.75, 3.05) is 14.2 Å². The number of nitrogens with zero attached hydrogens (tertiary/aromatic N) is 3. The van der Waals surface area contributed by atoms with E-state index in [-0.39, 0.29) is 18.0 Å². The number of rotatable bonds is 6. The van der Waals surface area contributed by atoms with Gasteiger partial charge in [0.1, 0.15) is 18.0 Å². The molecule has 0 radical (unpaired) electrons. The minimum Gasteiger partial charge on any atom is -0.496 e. The Morgan fingerprint density at radius 1 is 1.07 bits per heavy atom. The van der Waals surface area contributed by atoms with Crippen LogP contribution in [0.1, 0.15) is 5.56 Å². The van der Waals surface area contributed by atoms with Gasteiger partial charge in [0.25, 0.3) is 5.56 Å². The summed E-state index contributed by atoms with van der Waals surface area (Å²) >= 11 is 1.55. The Morgan fingerprint density at radius 3 is 2.53 bits per heavy atom. The number of hydrogen-bond acceptors (Lipinski definition) is 5. The lowest BCUT2D eigenvalue weighted by Gasteiger charge is -2.19. The molecule has 0 aliphatic heterocycles. The van der Waals surface area contributed by atoms with Crippen LogP contribution in [-0.2, 0) is 17.9 Å². The summed E-state index contributed by atoms with van der Waals surface area (Å²) < 4.78 is 6.63. The zero-order valence-electron chi connectivity index (χ0n) is 16.7. The van der Waals surface area contributed by atoms with Crippen molar-refractivity contribution >= 4 is 28.0 Å². The molecule has 0 saturated carbocycles. The number of carbonyl (C=O) groups is 1. The molecule has 0 bridgehead atoms. The molecule has 4 rings (SSSR count). The Morgan fingerprint density at radius 2 is 1.80 bits per heavy atom. The normalized spacial score (nSPS) is 10.9. The smallest absolute Gasteiger partial charge is 0.275 e. The number of aromatic nitrogens is 2. The highest BCUT2D eigenvalue weighted by atomic mass is 32.1. The van der Waals surface area contributed by atoms with Gasteiger partial charge in [-0.15, -0.1) is 11.3 Å². The second kappa shape index (κ2) is 8.51. The molecule has 0 N–H and O–H groups in total. The monoisotopic (exact) mass is 419 g/mol. The summed E-state index contributed by atoms with van der Waals surface area (Å²) in [4.78, 5) is 28.4. The quantitative estimate of drug-likeness (QED) is 0.477. The van der Waals surface area contributed by atoms with Crippen LogP contribution >= 0.6 is 11.3 Å². The van der Waals surface area contributed by atoms with Crippen molar-refractivity contribution in [3.05, 3.63) is 82.0 Å². The van der Waals surface area contributed by atoms with Gasteiger partial charge in [0.15, 0.2) is 0 Å². The molecule has 0 unspecified atom stereocenters. The summed E-state index contributed by atoms with van der Waals surface area (Å²) in [5.74, 6) is 0.515. The largest absolute Gasteiger partial charge is 0.496 e. The van der Waals surface area contributed by atoms with Crippen molar-refractivity contribution in [2.24, 2.45) is 0 Å². The van der Waals surface area contributed by atoms with Crippen LogP contribution in [0, 0.1) is 0 Å². The average molecular weight is 420 g/mol. The molecule has 0 spiro atoms. The number of para-hydroxylation sites is 1. The van der Waals surface area contributed by atoms with Crippen LogP contribution in [0.2, 0.25) is 0 Å². The fraction of sp³-hybridized carbons (Fsp3) is 0.174. The number of fused-ring (bicyclic) bond motifs is 1. The molecular weight excluding hydrogens is 398 g/mol. The first-order valence-electron chi connectivity index (χ1n) is 9.48. The summed E-state index contributed by atoms with van der Waals surface area (Å²) in [6.45, 7) is 0.247. The van der Waals surface area contributed by atoms with Crippen molar-refractivity contribution in [2.45, 2.75) is 13.1 Å². The molecule has 1 amide bonds. The molecular formula is C23H21N3O3S. The first-order valence-corrected chi connectivity index (χ1v) is 10.4. The first kappa shape index (κ1) is 19.8. The Hall–Kier alpha value is -3.45. The Bertz CT molecular complexity index is 1250. The summed E-state index contributed by atoms with van der Waals surface area (Å²) in [5.41, 5.74) is 1.33. The van der Waals surface area contributed by atoms with Gasteiger partial charge in [-0.3, -0.25) is 9.59 Å². The van der Waals surface area contributed by atoms with Crippen molar-refractivity contribution in [3.63, 3.8) is 0 Å². The van der Waals surface area contributed by atoms with E-state index in [1.807, 2.05) is 60.0 Å². The van der Waals surface area contributed by atoms with Gasteiger partial charge in [0.05, 0.1) is 17.4 Å². The lowest BCUT2D eigenvalue weighted by atomic mass is 10.1. The van der Waals surface area contributed by atoms with Gasteiger partial charge < -0.3 is 9.64 Å². The Labute approximate surface area is 178 Å². The van der Waals surface area contributed by atoms with Crippen LogP contribution in [0.5, 0.6) is 5.75 Å². The van der Waals surface area contributed by atoms with Crippen molar-refractivity contribution < 1.29 is 9.53 Å². The van der Waals surface area contributed by atoms with Crippen molar-refractivity contribution in [1.29, 1.82) is 0 Å². The first-order chi connectivity index (χ1) is 14.6. The van der Waals surface area contributed by atoms with E-state index in [2.05, 4.69) is 5.10 Å². The highest BCUT2D eigenvalue weighted by Crippen LogP contribution is 2.28. The third kappa shape index (κ3) is 3.84. The second-order valence-electron chi connectivity index (χ2n) is 6.90. The van der Waals surface area contributed by atoms with Crippen molar-refractivity contribution in [3.8, 4) is 16.3 Å². The zero-order valence-corrected chi connectivity index (χ0v) is 17.6. The summed E-state index contributed by atoms with van der Waals surface area (Å²) in [5, 5.41) is 7.85. The van der Waals surface area contributed by atoms with Crippen LogP contribution in [0.3, 0.4) is 0 Å². The fourth-order valence-electron chi connectivity index (χ4n) is 3.36. The van der Waals surface area contributed by atoms with Crippen LogP contribution in [0.25, 0.3) is 21.3 Å². The standard InChI is InChI=1S/C23H21N3O3S/c1-25(14-16-8-3-6-11-19(16)29-2)21(27)15-26-23(28)18-10-5-4-9-17(18)22(24-26)20-12-7-13-30-20/h3-13H,14-15H2,1-2H3. The van der Waals surface area contributed by atoms with E-state index in [1.54, 1.807) is 36.5 Å². The van der Waals surface area contributed by atoms with Gasteiger partial charge in [0, 0.05) is 24.5 Å². The molecule has 6 nitrogen and oxygen atoms in total. The summed E-state index contributed by atoms with van der Waals surface area (Å²) in [7, 11) is 3.31. The molecule has 7 heteroatoms. The molecule has 0 aliphatic carbocycles. The summed E-state index contributed by atoms with van der Waals surface area (Å²) in [6.07, 6.45) is 0. The predicted octanol–water partition coefficient (Wildman–Crippen LogP) is 3.79. The van der Waals surface area contributed by atoms with Gasteiger partial charge in [-0.25, -0.2) is 4.68 Å². The molecule has 0 fully saturated rings. The number of likely N-dealkylation sites (N-methyl/N-ethyl adjacent to an activating group) is 1. The second-order valence-corrected chi connectivity index (χ2v) is 7.84. The maximum Gasteiger partial charge on any atom is 0.275 e. The molecule has 0 atom stereocenters. The topological polar surface area (TPSA) is 64.4 Å². The van der Waals surface area contributed by atoms with Gasteiger partial charge in [-0.1, -0.05) is 42.5 Å². The van der Waals surface area contributed by atoms with Gasteiger partial charge in [0.2, 0.25) is 5.91 Å². The van der Waals surface area contributed by atoms with Gasteiger partial charge in [-0.05, 0) is 23.6 Å². The number of thiophene rings is 1. The third-order valence-electron chi connectivity index (χ3n) is 4.93. The molecule has 30 heavy (non-hydrogen) atoms. The van der Waals surface area contributed by atoms with Gasteiger partial charge in [-0.2, -0.15) is 5.10 Å². The number of benzene rings is 2. The molecule has 0 aliphatic rings. The van der Waals surface area contributed by atoms with E-state index in [4.69, 9.17) is 4.74 Å². The highest BCUT2D eigenvalue weighted by Gasteiger charge is 2.17. The lowest BCUT2D eigenvalue weighted by molar-refractivity contribution is -0.131. The van der Waals surface area contributed by atoms with Crippen LogP contribution < -0.4 is 10.3 Å². The van der Waals surface area contributed by atoms with E-state index in [0.29, 0.717) is 17.6 Å². The SMILES string of the molecule is COc1ccccc1CN(C)C(=O)Cn1nc(-c2cccs2)c2ccccc2c1=O. The van der Waals surface area contributed by atoms with Crippen molar-refractivity contribution in [1.82, 2.24) is 14.7 Å². The number of carbonyl (C=O) groups excluding carboxylic acids is 1. The number of ether oxygens (including phenoxy) is 1. The van der Waals surface area contributed by atoms with Gasteiger partial charge >= 0.3 is 0 Å². The number of amides is 1. The summed E-state index contributed by atoms with van der Waals surface area (Å²) in [6, 6.07) is 18.8. The number of hydrogen-bond donors (Lipinski definition) is 0. The van der Waals surface area contributed by atoms with E-state index < -0.39 is 0 Å². The Balaban J connectivity index is 1.66.